The molecule has 1 amide bonds. The molecule has 154 valence electrons. The Morgan fingerprint density at radius 1 is 1.10 bits per heavy atom. The summed E-state index contributed by atoms with van der Waals surface area (Å²) in [5.41, 5.74) is 1.65. The minimum absolute atomic E-state index is 0.0251. The molecule has 2 fully saturated rings. The van der Waals surface area contributed by atoms with Crippen molar-refractivity contribution in [3.8, 4) is 5.75 Å². The molecule has 29 heavy (non-hydrogen) atoms. The molecule has 0 bridgehead atoms. The van der Waals surface area contributed by atoms with Crippen molar-refractivity contribution in [3.63, 3.8) is 0 Å². The van der Waals surface area contributed by atoms with Crippen LogP contribution in [0.25, 0.3) is 0 Å². The molecule has 1 atom stereocenters. The van der Waals surface area contributed by atoms with Gasteiger partial charge in [-0.15, -0.1) is 0 Å². The molecule has 0 aromatic heterocycles. The van der Waals surface area contributed by atoms with Crippen LogP contribution in [0.5, 0.6) is 5.75 Å². The number of hydrogen-bond acceptors (Lipinski definition) is 3. The van der Waals surface area contributed by atoms with Gasteiger partial charge in [0, 0.05) is 19.7 Å². The molecule has 2 aromatic carbocycles. The summed E-state index contributed by atoms with van der Waals surface area (Å²) in [6, 6.07) is 14.3. The molecule has 4 nitrogen and oxygen atoms in total. The number of para-hydroxylation sites is 1. The summed E-state index contributed by atoms with van der Waals surface area (Å²) in [6.07, 6.45) is 4.92. The molecule has 1 unspecified atom stereocenters. The molecule has 4 rings (SSSR count). The summed E-state index contributed by atoms with van der Waals surface area (Å²) in [4.78, 5) is 15.0. The summed E-state index contributed by atoms with van der Waals surface area (Å²) in [7, 11) is 0. The number of carbonyl (C=O) groups is 1. The maximum Gasteiger partial charge on any atom is 0.257 e. The monoisotopic (exact) mass is 397 g/mol. The van der Waals surface area contributed by atoms with Crippen LogP contribution in [0.2, 0.25) is 0 Å². The maximum atomic E-state index is 13.4. The predicted molar refractivity (Wildman–Crippen MR) is 110 cm³/mol. The van der Waals surface area contributed by atoms with Crippen molar-refractivity contribution in [2.75, 3.05) is 26.3 Å². The molecular formula is C24H28FNO3. The molecule has 0 spiro atoms. The van der Waals surface area contributed by atoms with Gasteiger partial charge in [0.15, 0.2) is 0 Å². The fourth-order valence-corrected chi connectivity index (χ4v) is 4.24. The first-order chi connectivity index (χ1) is 14.2. The first kappa shape index (κ1) is 19.9. The smallest absolute Gasteiger partial charge is 0.257 e. The SMILES string of the molecule is O=C(c1ccccc1OCC1CCCO1)N1CCC(Cc2cccc(F)c2)CC1. The Kier molecular flexibility index (Phi) is 6.45. The van der Waals surface area contributed by atoms with Crippen LogP contribution < -0.4 is 4.74 Å². The summed E-state index contributed by atoms with van der Waals surface area (Å²) in [6.45, 7) is 2.72. The number of likely N-dealkylation sites (tertiary alicyclic amines) is 1. The van der Waals surface area contributed by atoms with Crippen molar-refractivity contribution >= 4 is 5.91 Å². The number of amides is 1. The van der Waals surface area contributed by atoms with E-state index >= 15 is 0 Å². The second-order valence-electron chi connectivity index (χ2n) is 8.01. The first-order valence-corrected chi connectivity index (χ1v) is 10.6. The lowest BCUT2D eigenvalue weighted by atomic mass is 9.90. The van der Waals surface area contributed by atoms with E-state index in [9.17, 15) is 9.18 Å². The maximum absolute atomic E-state index is 13.4. The number of nitrogens with zero attached hydrogens (tertiary/aromatic N) is 1. The second-order valence-corrected chi connectivity index (χ2v) is 8.01. The van der Waals surface area contributed by atoms with E-state index in [1.807, 2.05) is 35.2 Å². The van der Waals surface area contributed by atoms with E-state index in [4.69, 9.17) is 9.47 Å². The summed E-state index contributed by atoms with van der Waals surface area (Å²) >= 11 is 0. The van der Waals surface area contributed by atoms with Gasteiger partial charge in [-0.25, -0.2) is 4.39 Å². The van der Waals surface area contributed by atoms with Gasteiger partial charge in [0.25, 0.3) is 5.91 Å². The molecule has 0 saturated carbocycles. The van der Waals surface area contributed by atoms with E-state index in [-0.39, 0.29) is 17.8 Å². The number of hydrogen-bond donors (Lipinski definition) is 0. The third-order valence-electron chi connectivity index (χ3n) is 5.88. The highest BCUT2D eigenvalue weighted by Crippen LogP contribution is 2.26. The molecule has 2 aromatic rings. The lowest BCUT2D eigenvalue weighted by Crippen LogP contribution is -2.39. The van der Waals surface area contributed by atoms with Gasteiger partial charge in [0.05, 0.1) is 11.7 Å². The van der Waals surface area contributed by atoms with E-state index in [1.165, 1.54) is 6.07 Å². The number of ether oxygens (including phenoxy) is 2. The van der Waals surface area contributed by atoms with E-state index in [0.29, 0.717) is 23.8 Å². The van der Waals surface area contributed by atoms with E-state index in [2.05, 4.69) is 0 Å². The molecule has 2 aliphatic rings. The van der Waals surface area contributed by atoms with Gasteiger partial charge < -0.3 is 14.4 Å². The highest BCUT2D eigenvalue weighted by atomic mass is 19.1. The standard InChI is InChI=1S/C24H28FNO3/c25-20-6-3-5-19(16-20)15-18-10-12-26(13-11-18)24(27)22-8-1-2-9-23(22)29-17-21-7-4-14-28-21/h1-3,5-6,8-9,16,18,21H,4,7,10-15,17H2. The average Bonchev–Trinajstić information content (AvgIpc) is 3.26. The van der Waals surface area contributed by atoms with Gasteiger partial charge >= 0.3 is 0 Å². The zero-order chi connectivity index (χ0) is 20.1. The lowest BCUT2D eigenvalue weighted by molar-refractivity contribution is 0.0629. The Morgan fingerprint density at radius 2 is 1.93 bits per heavy atom. The third-order valence-corrected chi connectivity index (χ3v) is 5.88. The normalized spacial score (nSPS) is 20.0. The molecule has 0 N–H and O–H groups in total. The Hall–Kier alpha value is -2.40. The van der Waals surface area contributed by atoms with Crippen LogP contribution in [-0.2, 0) is 11.2 Å². The number of piperidine rings is 1. The van der Waals surface area contributed by atoms with Crippen molar-refractivity contribution in [2.45, 2.75) is 38.2 Å². The second kappa shape index (κ2) is 9.40. The Morgan fingerprint density at radius 3 is 2.69 bits per heavy atom. The van der Waals surface area contributed by atoms with Gasteiger partial charge in [-0.2, -0.15) is 0 Å². The molecule has 5 heteroatoms. The van der Waals surface area contributed by atoms with Crippen LogP contribution in [0.1, 0.15) is 41.6 Å². The van der Waals surface area contributed by atoms with E-state index in [0.717, 1.165) is 57.4 Å². The van der Waals surface area contributed by atoms with Crippen molar-refractivity contribution in [3.05, 3.63) is 65.5 Å². The number of rotatable bonds is 6. The van der Waals surface area contributed by atoms with Crippen LogP contribution in [0, 0.1) is 11.7 Å². The van der Waals surface area contributed by atoms with Crippen LogP contribution >= 0.6 is 0 Å². The highest BCUT2D eigenvalue weighted by molar-refractivity contribution is 5.97. The van der Waals surface area contributed by atoms with Crippen LogP contribution in [0.3, 0.4) is 0 Å². The highest BCUT2D eigenvalue weighted by Gasteiger charge is 2.26. The minimum Gasteiger partial charge on any atom is -0.490 e. The quantitative estimate of drug-likeness (QED) is 0.722. The fourth-order valence-electron chi connectivity index (χ4n) is 4.24. The van der Waals surface area contributed by atoms with Crippen molar-refractivity contribution in [1.29, 1.82) is 0 Å². The Balaban J connectivity index is 1.33. The van der Waals surface area contributed by atoms with Crippen molar-refractivity contribution < 1.29 is 18.7 Å². The topological polar surface area (TPSA) is 38.8 Å². The van der Waals surface area contributed by atoms with Gasteiger partial charge in [-0.3, -0.25) is 4.79 Å². The molecule has 2 heterocycles. The fraction of sp³-hybridized carbons (Fsp3) is 0.458. The Bertz CT molecular complexity index is 826. The first-order valence-electron chi connectivity index (χ1n) is 10.6. The molecule has 2 aliphatic heterocycles. The summed E-state index contributed by atoms with van der Waals surface area (Å²) in [5, 5.41) is 0. The zero-order valence-electron chi connectivity index (χ0n) is 16.7. The van der Waals surface area contributed by atoms with Crippen LogP contribution in [0.4, 0.5) is 4.39 Å². The Labute approximate surface area is 171 Å². The lowest BCUT2D eigenvalue weighted by Gasteiger charge is -2.32. The molecular weight excluding hydrogens is 369 g/mol. The minimum atomic E-state index is -0.185. The predicted octanol–water partition coefficient (Wildman–Crippen LogP) is 4.48. The van der Waals surface area contributed by atoms with Crippen LogP contribution in [0.15, 0.2) is 48.5 Å². The largest absolute Gasteiger partial charge is 0.490 e. The summed E-state index contributed by atoms with van der Waals surface area (Å²) < 4.78 is 25.0. The van der Waals surface area contributed by atoms with Gasteiger partial charge in [0.2, 0.25) is 0 Å². The van der Waals surface area contributed by atoms with E-state index < -0.39 is 0 Å². The van der Waals surface area contributed by atoms with Gasteiger partial charge in [-0.1, -0.05) is 24.3 Å². The summed E-state index contributed by atoms with van der Waals surface area (Å²) in [5.74, 6) is 0.952. The van der Waals surface area contributed by atoms with Gasteiger partial charge in [0.1, 0.15) is 18.2 Å². The number of halogens is 1. The average molecular weight is 397 g/mol. The zero-order valence-corrected chi connectivity index (χ0v) is 16.7. The van der Waals surface area contributed by atoms with Crippen LogP contribution in [-0.4, -0.2) is 43.2 Å². The van der Waals surface area contributed by atoms with Crippen molar-refractivity contribution in [2.24, 2.45) is 5.92 Å². The molecule has 2 saturated heterocycles. The van der Waals surface area contributed by atoms with Crippen molar-refractivity contribution in [1.82, 2.24) is 4.90 Å². The van der Waals surface area contributed by atoms with Gasteiger partial charge in [-0.05, 0) is 67.9 Å². The van der Waals surface area contributed by atoms with E-state index in [1.54, 1.807) is 12.1 Å². The number of benzene rings is 2. The molecule has 0 radical (unpaired) electrons. The molecule has 0 aliphatic carbocycles. The number of carbonyl (C=O) groups excluding carboxylic acids is 1. The third kappa shape index (κ3) is 5.15.